The van der Waals surface area contributed by atoms with Crippen molar-refractivity contribution in [2.45, 2.75) is 30.4 Å². The van der Waals surface area contributed by atoms with Gasteiger partial charge in [-0.3, -0.25) is 0 Å². The number of nitrogens with one attached hydrogen (secondary N) is 1. The third kappa shape index (κ3) is 2.76. The van der Waals surface area contributed by atoms with E-state index < -0.39 is 0 Å². The molecular formula is C14H17ClN2S. The second kappa shape index (κ2) is 5.86. The van der Waals surface area contributed by atoms with Crippen molar-refractivity contribution in [1.82, 2.24) is 0 Å². The first-order chi connectivity index (χ1) is 8.71. The minimum atomic E-state index is 0.328. The second-order valence-electron chi connectivity index (χ2n) is 4.72. The van der Waals surface area contributed by atoms with Gasteiger partial charge in [-0.1, -0.05) is 30.5 Å². The van der Waals surface area contributed by atoms with Crippen molar-refractivity contribution in [1.29, 1.82) is 5.26 Å². The zero-order valence-corrected chi connectivity index (χ0v) is 12.1. The fourth-order valence-electron chi connectivity index (χ4n) is 2.51. The van der Waals surface area contributed by atoms with Crippen LogP contribution in [0.5, 0.6) is 0 Å². The van der Waals surface area contributed by atoms with Crippen LogP contribution in [0.4, 0.5) is 5.69 Å². The molecule has 18 heavy (non-hydrogen) atoms. The minimum absolute atomic E-state index is 0.328. The monoisotopic (exact) mass is 280 g/mol. The number of halogens is 1. The maximum atomic E-state index is 9.13. The Kier molecular flexibility index (Phi) is 4.42. The average Bonchev–Trinajstić information content (AvgIpc) is 2.86. The molecular weight excluding hydrogens is 264 g/mol. The van der Waals surface area contributed by atoms with Crippen LogP contribution in [0.15, 0.2) is 18.2 Å². The Labute approximate surface area is 118 Å². The van der Waals surface area contributed by atoms with Gasteiger partial charge in [0.15, 0.2) is 0 Å². The van der Waals surface area contributed by atoms with Crippen LogP contribution >= 0.6 is 23.4 Å². The van der Waals surface area contributed by atoms with Gasteiger partial charge in [-0.15, -0.1) is 0 Å². The van der Waals surface area contributed by atoms with Crippen molar-refractivity contribution in [3.63, 3.8) is 0 Å². The predicted octanol–water partition coefficient (Wildman–Crippen LogP) is 4.30. The first-order valence-corrected chi connectivity index (χ1v) is 7.79. The summed E-state index contributed by atoms with van der Waals surface area (Å²) in [5.74, 6) is 0. The van der Waals surface area contributed by atoms with Crippen molar-refractivity contribution in [2.75, 3.05) is 18.1 Å². The quantitative estimate of drug-likeness (QED) is 0.893. The fraction of sp³-hybridized carbons (Fsp3) is 0.500. The predicted molar refractivity (Wildman–Crippen MR) is 79.4 cm³/mol. The van der Waals surface area contributed by atoms with Gasteiger partial charge in [-0.25, -0.2) is 0 Å². The zero-order chi connectivity index (χ0) is 13.0. The van der Waals surface area contributed by atoms with E-state index in [9.17, 15) is 0 Å². The topological polar surface area (TPSA) is 35.8 Å². The molecule has 0 aliphatic heterocycles. The number of thioether (sulfide) groups is 1. The molecule has 0 atom stereocenters. The van der Waals surface area contributed by atoms with Crippen LogP contribution in [-0.2, 0) is 0 Å². The lowest BCUT2D eigenvalue weighted by molar-refractivity contribution is 0.640. The molecule has 0 aromatic heterocycles. The molecule has 0 heterocycles. The maximum Gasteiger partial charge on any atom is 0.103 e. The lowest BCUT2D eigenvalue weighted by Gasteiger charge is -2.27. The smallest absolute Gasteiger partial charge is 0.103 e. The van der Waals surface area contributed by atoms with Crippen molar-refractivity contribution in [3.8, 4) is 6.07 Å². The Morgan fingerprint density at radius 3 is 2.78 bits per heavy atom. The van der Waals surface area contributed by atoms with Crippen molar-refractivity contribution >= 4 is 29.1 Å². The molecule has 1 aliphatic rings. The third-order valence-corrected chi connectivity index (χ3v) is 5.41. The van der Waals surface area contributed by atoms with Gasteiger partial charge in [-0.2, -0.15) is 17.0 Å². The lowest BCUT2D eigenvalue weighted by atomic mass is 10.1. The molecule has 0 amide bonds. The average molecular weight is 281 g/mol. The fourth-order valence-corrected chi connectivity index (χ4v) is 3.64. The van der Waals surface area contributed by atoms with Crippen molar-refractivity contribution in [2.24, 2.45) is 0 Å². The molecule has 1 aromatic carbocycles. The molecule has 0 unspecified atom stereocenters. The molecule has 1 fully saturated rings. The highest BCUT2D eigenvalue weighted by Crippen LogP contribution is 2.40. The molecule has 1 saturated carbocycles. The Hall–Kier alpha value is -0.850. The van der Waals surface area contributed by atoms with E-state index in [0.29, 0.717) is 15.3 Å². The first kappa shape index (κ1) is 13.6. The number of anilines is 1. The van der Waals surface area contributed by atoms with Gasteiger partial charge in [0.05, 0.1) is 16.3 Å². The van der Waals surface area contributed by atoms with Crippen molar-refractivity contribution < 1.29 is 0 Å². The number of nitriles is 1. The zero-order valence-electron chi connectivity index (χ0n) is 10.5. The summed E-state index contributed by atoms with van der Waals surface area (Å²) < 4.78 is 0.328. The van der Waals surface area contributed by atoms with Crippen LogP contribution in [0.25, 0.3) is 0 Å². The first-order valence-electron chi connectivity index (χ1n) is 6.18. The van der Waals surface area contributed by atoms with E-state index in [1.54, 1.807) is 6.07 Å². The van der Waals surface area contributed by atoms with Crippen LogP contribution in [0.2, 0.25) is 5.02 Å². The molecule has 0 bridgehead atoms. The summed E-state index contributed by atoms with van der Waals surface area (Å²) in [6.45, 7) is 0.906. The van der Waals surface area contributed by atoms with Crippen LogP contribution in [0, 0.1) is 11.3 Å². The number of hydrogen-bond acceptors (Lipinski definition) is 3. The third-order valence-electron chi connectivity index (χ3n) is 3.67. The van der Waals surface area contributed by atoms with Gasteiger partial charge in [0, 0.05) is 11.3 Å². The van der Waals surface area contributed by atoms with E-state index in [1.165, 1.54) is 25.7 Å². The van der Waals surface area contributed by atoms with Gasteiger partial charge >= 0.3 is 0 Å². The SMILES string of the molecule is CSC1(CNc2cccc(Cl)c2C#N)CCCC1. The summed E-state index contributed by atoms with van der Waals surface area (Å²) in [6.07, 6.45) is 7.30. The van der Waals surface area contributed by atoms with Gasteiger partial charge < -0.3 is 5.32 Å². The van der Waals surface area contributed by atoms with Crippen molar-refractivity contribution in [3.05, 3.63) is 28.8 Å². The highest BCUT2D eigenvalue weighted by Gasteiger charge is 2.32. The van der Waals surface area contributed by atoms with Crippen LogP contribution in [0.3, 0.4) is 0 Å². The van der Waals surface area contributed by atoms with E-state index in [2.05, 4.69) is 17.6 Å². The molecule has 96 valence electrons. The van der Waals surface area contributed by atoms with Gasteiger partial charge in [-0.05, 0) is 31.2 Å². The van der Waals surface area contributed by atoms with Crippen LogP contribution < -0.4 is 5.32 Å². The summed E-state index contributed by atoms with van der Waals surface area (Å²) in [4.78, 5) is 0. The van der Waals surface area contributed by atoms with E-state index in [0.717, 1.165) is 12.2 Å². The molecule has 0 saturated heterocycles. The molecule has 4 heteroatoms. The molecule has 0 radical (unpaired) electrons. The summed E-state index contributed by atoms with van der Waals surface area (Å²) in [5, 5.41) is 13.1. The van der Waals surface area contributed by atoms with Gasteiger partial charge in [0.2, 0.25) is 0 Å². The lowest BCUT2D eigenvalue weighted by Crippen LogP contribution is -2.30. The maximum absolute atomic E-state index is 9.13. The number of nitrogens with zero attached hydrogens (tertiary/aromatic N) is 1. The molecule has 0 spiro atoms. The Balaban J connectivity index is 2.11. The molecule has 1 aromatic rings. The Morgan fingerprint density at radius 1 is 1.44 bits per heavy atom. The summed E-state index contributed by atoms with van der Waals surface area (Å²) in [5.41, 5.74) is 1.40. The van der Waals surface area contributed by atoms with Gasteiger partial charge in [0.1, 0.15) is 6.07 Å². The normalized spacial score (nSPS) is 17.4. The molecule has 2 rings (SSSR count). The van der Waals surface area contributed by atoms with E-state index >= 15 is 0 Å². The Morgan fingerprint density at radius 2 is 2.17 bits per heavy atom. The van der Waals surface area contributed by atoms with E-state index in [-0.39, 0.29) is 0 Å². The second-order valence-corrected chi connectivity index (χ2v) is 6.40. The van der Waals surface area contributed by atoms with E-state index in [1.807, 2.05) is 23.9 Å². The highest BCUT2D eigenvalue weighted by molar-refractivity contribution is 8.00. The largest absolute Gasteiger partial charge is 0.383 e. The summed E-state index contributed by atoms with van der Waals surface area (Å²) in [7, 11) is 0. The molecule has 2 nitrogen and oxygen atoms in total. The summed E-state index contributed by atoms with van der Waals surface area (Å²) >= 11 is 7.96. The number of benzene rings is 1. The van der Waals surface area contributed by atoms with Crippen LogP contribution in [0.1, 0.15) is 31.2 Å². The minimum Gasteiger partial charge on any atom is -0.383 e. The Bertz CT molecular complexity index is 461. The number of rotatable bonds is 4. The molecule has 1 aliphatic carbocycles. The number of hydrogen-bond donors (Lipinski definition) is 1. The summed E-state index contributed by atoms with van der Waals surface area (Å²) in [6, 6.07) is 7.73. The molecule has 1 N–H and O–H groups in total. The van der Waals surface area contributed by atoms with E-state index in [4.69, 9.17) is 16.9 Å². The highest BCUT2D eigenvalue weighted by atomic mass is 35.5. The van der Waals surface area contributed by atoms with Gasteiger partial charge in [0.25, 0.3) is 0 Å². The standard InChI is InChI=1S/C14H17ClN2S/c1-18-14(7-2-3-8-14)10-17-13-6-4-5-12(15)11(13)9-16/h4-6,17H,2-3,7-8,10H2,1H3. The van der Waals surface area contributed by atoms with Crippen LogP contribution in [-0.4, -0.2) is 17.5 Å².